The predicted octanol–water partition coefficient (Wildman–Crippen LogP) is 2.54. The molecule has 0 aromatic carbocycles. The maximum atomic E-state index is 11.9. The van der Waals surface area contributed by atoms with Gasteiger partial charge in [-0.15, -0.1) is 11.3 Å². The number of hydrogen-bond donors (Lipinski definition) is 0. The van der Waals surface area contributed by atoms with Gasteiger partial charge in [-0.1, -0.05) is 0 Å². The summed E-state index contributed by atoms with van der Waals surface area (Å²) in [5, 5.41) is 1.72. The van der Waals surface area contributed by atoms with Gasteiger partial charge in [-0.25, -0.2) is 0 Å². The summed E-state index contributed by atoms with van der Waals surface area (Å²) >= 11 is 1.27. The molecule has 0 saturated carbocycles. The van der Waals surface area contributed by atoms with E-state index in [1.54, 1.807) is 11.6 Å². The van der Waals surface area contributed by atoms with Gasteiger partial charge in [0.05, 0.1) is 13.0 Å². The Kier molecular flexibility index (Phi) is 3.05. The van der Waals surface area contributed by atoms with E-state index < -0.39 is 19.2 Å². The number of halogens is 3. The average molecular weight is 264 g/mol. The first kappa shape index (κ1) is 11.9. The number of rotatable bonds is 4. The molecule has 8 heteroatoms. The van der Waals surface area contributed by atoms with E-state index in [1.807, 2.05) is 0 Å². The maximum Gasteiger partial charge on any atom is 0.392 e. The van der Waals surface area contributed by atoms with Gasteiger partial charge in [0, 0.05) is 11.6 Å². The second-order valence-electron chi connectivity index (χ2n) is 3.19. The molecule has 0 spiro atoms. The summed E-state index contributed by atoms with van der Waals surface area (Å²) < 4.78 is 42.1. The fourth-order valence-electron chi connectivity index (χ4n) is 1.26. The Morgan fingerprint density at radius 3 is 2.94 bits per heavy atom. The highest BCUT2D eigenvalue weighted by Crippen LogP contribution is 2.24. The molecule has 92 valence electrons. The lowest BCUT2D eigenvalue weighted by atomic mass is 10.4. The first-order valence-corrected chi connectivity index (χ1v) is 5.49. The van der Waals surface area contributed by atoms with Gasteiger partial charge >= 0.3 is 6.18 Å². The zero-order chi connectivity index (χ0) is 12.5. The van der Waals surface area contributed by atoms with Crippen molar-refractivity contribution in [2.24, 2.45) is 0 Å². The SMILES string of the molecule is O=Cc1c(OCCC(F)(F)F)nc2sccn12. The fraction of sp³-hybridized carbons (Fsp3) is 0.333. The van der Waals surface area contributed by atoms with Crippen LogP contribution in [0.15, 0.2) is 11.6 Å². The van der Waals surface area contributed by atoms with Crippen LogP contribution in [0.2, 0.25) is 0 Å². The highest BCUT2D eigenvalue weighted by atomic mass is 32.1. The zero-order valence-electron chi connectivity index (χ0n) is 8.40. The van der Waals surface area contributed by atoms with E-state index in [1.165, 1.54) is 15.7 Å². The van der Waals surface area contributed by atoms with Crippen LogP contribution in [0.3, 0.4) is 0 Å². The van der Waals surface area contributed by atoms with Gasteiger partial charge in [-0.3, -0.25) is 9.20 Å². The van der Waals surface area contributed by atoms with Crippen LogP contribution in [0.5, 0.6) is 5.88 Å². The molecule has 0 unspecified atom stereocenters. The van der Waals surface area contributed by atoms with Crippen molar-refractivity contribution in [2.45, 2.75) is 12.6 Å². The number of hydrogen-bond acceptors (Lipinski definition) is 4. The van der Waals surface area contributed by atoms with Crippen LogP contribution in [0.25, 0.3) is 4.96 Å². The van der Waals surface area contributed by atoms with Crippen LogP contribution >= 0.6 is 11.3 Å². The molecule has 0 aliphatic rings. The number of imidazole rings is 1. The van der Waals surface area contributed by atoms with Crippen molar-refractivity contribution in [2.75, 3.05) is 6.61 Å². The summed E-state index contributed by atoms with van der Waals surface area (Å²) in [7, 11) is 0. The number of carbonyl (C=O) groups excluding carboxylic acids is 1. The summed E-state index contributed by atoms with van der Waals surface area (Å²) in [4.78, 5) is 15.2. The number of aromatic nitrogens is 2. The molecular weight excluding hydrogens is 257 g/mol. The molecule has 2 aromatic rings. The maximum absolute atomic E-state index is 11.9. The molecule has 17 heavy (non-hydrogen) atoms. The monoisotopic (exact) mass is 264 g/mol. The number of fused-ring (bicyclic) bond motifs is 1. The van der Waals surface area contributed by atoms with Crippen molar-refractivity contribution in [3.05, 3.63) is 17.3 Å². The Labute approximate surface area is 97.6 Å². The van der Waals surface area contributed by atoms with E-state index in [2.05, 4.69) is 4.98 Å². The predicted molar refractivity (Wildman–Crippen MR) is 54.6 cm³/mol. The summed E-state index contributed by atoms with van der Waals surface area (Å²) in [5.74, 6) is -0.0592. The number of aldehydes is 1. The largest absolute Gasteiger partial charge is 0.476 e. The Morgan fingerprint density at radius 1 is 1.53 bits per heavy atom. The third-order valence-electron chi connectivity index (χ3n) is 2.00. The smallest absolute Gasteiger partial charge is 0.392 e. The topological polar surface area (TPSA) is 43.6 Å². The minimum Gasteiger partial charge on any atom is -0.476 e. The minimum atomic E-state index is -4.28. The average Bonchev–Trinajstić information content (AvgIpc) is 2.75. The van der Waals surface area contributed by atoms with E-state index in [0.717, 1.165) is 0 Å². The molecule has 2 rings (SSSR count). The summed E-state index contributed by atoms with van der Waals surface area (Å²) in [5.41, 5.74) is 0.128. The number of ether oxygens (including phenoxy) is 1. The molecule has 2 aromatic heterocycles. The summed E-state index contributed by atoms with van der Waals surface area (Å²) in [6, 6.07) is 0. The molecule has 0 radical (unpaired) electrons. The molecule has 0 saturated heterocycles. The zero-order valence-corrected chi connectivity index (χ0v) is 9.22. The lowest BCUT2D eigenvalue weighted by Gasteiger charge is -2.06. The molecule has 0 aliphatic carbocycles. The van der Waals surface area contributed by atoms with Crippen molar-refractivity contribution in [1.82, 2.24) is 9.38 Å². The van der Waals surface area contributed by atoms with E-state index in [0.29, 0.717) is 11.2 Å². The van der Waals surface area contributed by atoms with E-state index in [9.17, 15) is 18.0 Å². The van der Waals surface area contributed by atoms with Crippen LogP contribution in [0.4, 0.5) is 13.2 Å². The number of nitrogens with zero attached hydrogens (tertiary/aromatic N) is 2. The minimum absolute atomic E-state index is 0.0592. The van der Waals surface area contributed by atoms with Crippen LogP contribution < -0.4 is 4.74 Å². The van der Waals surface area contributed by atoms with Crippen molar-refractivity contribution in [3.63, 3.8) is 0 Å². The van der Waals surface area contributed by atoms with E-state index in [-0.39, 0.29) is 11.6 Å². The van der Waals surface area contributed by atoms with Crippen molar-refractivity contribution in [1.29, 1.82) is 0 Å². The molecular formula is C9H7F3N2O2S. The molecule has 0 bridgehead atoms. The molecule has 0 aliphatic heterocycles. The van der Waals surface area contributed by atoms with Crippen LogP contribution in [0, 0.1) is 0 Å². The van der Waals surface area contributed by atoms with Crippen molar-refractivity contribution >= 4 is 22.6 Å². The number of carbonyl (C=O) groups is 1. The van der Waals surface area contributed by atoms with E-state index >= 15 is 0 Å². The van der Waals surface area contributed by atoms with Gasteiger partial charge in [0.1, 0.15) is 0 Å². The van der Waals surface area contributed by atoms with Gasteiger partial charge in [0.25, 0.3) is 0 Å². The molecule has 0 atom stereocenters. The second-order valence-corrected chi connectivity index (χ2v) is 4.06. The van der Waals surface area contributed by atoms with Crippen molar-refractivity contribution < 1.29 is 22.7 Å². The quantitative estimate of drug-likeness (QED) is 0.797. The Bertz CT molecular complexity index is 532. The van der Waals surface area contributed by atoms with Gasteiger partial charge in [0.15, 0.2) is 16.9 Å². The Morgan fingerprint density at radius 2 is 2.29 bits per heavy atom. The summed E-state index contributed by atoms with van der Waals surface area (Å²) in [6.07, 6.45) is -3.24. The highest BCUT2D eigenvalue weighted by Gasteiger charge is 2.27. The Balaban J connectivity index is 2.13. The number of alkyl halides is 3. The van der Waals surface area contributed by atoms with Crippen molar-refractivity contribution in [3.8, 4) is 5.88 Å². The highest BCUT2D eigenvalue weighted by molar-refractivity contribution is 7.15. The molecule has 0 amide bonds. The van der Waals surface area contributed by atoms with Crippen LogP contribution in [0.1, 0.15) is 16.9 Å². The molecule has 2 heterocycles. The Hall–Kier alpha value is -1.57. The third kappa shape index (κ3) is 2.57. The lowest BCUT2D eigenvalue weighted by molar-refractivity contribution is -0.139. The number of thiazole rings is 1. The molecule has 0 fully saturated rings. The second kappa shape index (κ2) is 4.36. The first-order valence-electron chi connectivity index (χ1n) is 4.61. The normalized spacial score (nSPS) is 11.9. The van der Waals surface area contributed by atoms with Crippen LogP contribution in [-0.2, 0) is 0 Å². The van der Waals surface area contributed by atoms with Gasteiger partial charge in [-0.2, -0.15) is 18.2 Å². The fourth-order valence-corrected chi connectivity index (χ4v) is 1.97. The lowest BCUT2D eigenvalue weighted by Crippen LogP contribution is -2.13. The standard InChI is InChI=1S/C9H7F3N2O2S/c10-9(11,12)1-3-16-7-6(5-15)14-2-4-17-8(14)13-7/h2,4-5H,1,3H2. The first-order chi connectivity index (χ1) is 8.01. The third-order valence-corrected chi connectivity index (χ3v) is 2.76. The van der Waals surface area contributed by atoms with Gasteiger partial charge in [-0.05, 0) is 0 Å². The summed E-state index contributed by atoms with van der Waals surface area (Å²) in [6.45, 7) is -0.546. The molecule has 4 nitrogen and oxygen atoms in total. The molecule has 0 N–H and O–H groups in total. The van der Waals surface area contributed by atoms with Crippen LogP contribution in [-0.4, -0.2) is 28.5 Å². The van der Waals surface area contributed by atoms with Gasteiger partial charge < -0.3 is 4.74 Å². The van der Waals surface area contributed by atoms with E-state index in [4.69, 9.17) is 4.74 Å². The van der Waals surface area contributed by atoms with Gasteiger partial charge in [0.2, 0.25) is 5.88 Å².